The highest BCUT2D eigenvalue weighted by Gasteiger charge is 2.17. The van der Waals surface area contributed by atoms with Crippen LogP contribution >= 0.6 is 11.6 Å². The highest BCUT2D eigenvalue weighted by atomic mass is 35.5. The molecule has 0 aliphatic carbocycles. The van der Waals surface area contributed by atoms with Crippen molar-refractivity contribution in [2.24, 2.45) is 0 Å². The Morgan fingerprint density at radius 3 is 2.59 bits per heavy atom. The van der Waals surface area contributed by atoms with Crippen molar-refractivity contribution < 1.29 is 8.42 Å². The Morgan fingerprint density at radius 2 is 2.00 bits per heavy atom. The first-order valence-electron chi connectivity index (χ1n) is 5.65. The molecule has 0 aliphatic rings. The fourth-order valence-corrected chi connectivity index (χ4v) is 3.12. The topological polar surface area (TPSA) is 46.2 Å². The Kier molecular flexibility index (Phi) is 5.28. The van der Waals surface area contributed by atoms with E-state index in [1.807, 2.05) is 19.9 Å². The van der Waals surface area contributed by atoms with Gasteiger partial charge in [0.25, 0.3) is 0 Å². The fraction of sp³-hybridized carbons (Fsp3) is 0.500. The van der Waals surface area contributed by atoms with Gasteiger partial charge in [-0.1, -0.05) is 19.1 Å². The normalized spacial score (nSPS) is 13.4. The Hall–Kier alpha value is -0.740. The van der Waals surface area contributed by atoms with E-state index in [1.54, 1.807) is 18.2 Å². The monoisotopic (exact) mass is 275 g/mol. The van der Waals surface area contributed by atoms with Crippen molar-refractivity contribution in [1.29, 1.82) is 0 Å². The molecule has 0 amide bonds. The maximum atomic E-state index is 12.0. The molecule has 0 fully saturated rings. The molecule has 1 aromatic carbocycles. The quantitative estimate of drug-likeness (QED) is 0.812. The lowest BCUT2D eigenvalue weighted by atomic mass is 10.3. The molecule has 5 heteroatoms. The molecular weight excluding hydrogens is 258 g/mol. The number of anilines is 1. The van der Waals surface area contributed by atoms with Gasteiger partial charge in [0.15, 0.2) is 9.84 Å². The van der Waals surface area contributed by atoms with Gasteiger partial charge in [-0.25, -0.2) is 8.42 Å². The molecule has 0 radical (unpaired) electrons. The smallest absolute Gasteiger partial charge is 0.180 e. The molecule has 1 unspecified atom stereocenters. The molecule has 17 heavy (non-hydrogen) atoms. The van der Waals surface area contributed by atoms with Crippen molar-refractivity contribution >= 4 is 27.1 Å². The minimum absolute atomic E-state index is 0.0367. The molecule has 1 rings (SSSR count). The van der Waals surface area contributed by atoms with E-state index in [4.69, 9.17) is 11.6 Å². The lowest BCUT2D eigenvalue weighted by molar-refractivity contribution is 0.595. The van der Waals surface area contributed by atoms with Crippen LogP contribution in [0.2, 0.25) is 0 Å². The third kappa shape index (κ3) is 3.89. The minimum Gasteiger partial charge on any atom is -0.380 e. The molecule has 0 spiro atoms. The van der Waals surface area contributed by atoms with Gasteiger partial charge in [0.2, 0.25) is 0 Å². The SMILES string of the molecule is CCCS(=O)(=O)c1ccccc1NC(C)CCl. The molecule has 1 atom stereocenters. The van der Waals surface area contributed by atoms with Gasteiger partial charge in [0, 0.05) is 11.9 Å². The summed E-state index contributed by atoms with van der Waals surface area (Å²) in [5.41, 5.74) is 0.633. The largest absolute Gasteiger partial charge is 0.380 e. The highest BCUT2D eigenvalue weighted by molar-refractivity contribution is 7.91. The summed E-state index contributed by atoms with van der Waals surface area (Å²) in [6, 6.07) is 6.99. The van der Waals surface area contributed by atoms with Gasteiger partial charge in [-0.3, -0.25) is 0 Å². The molecule has 1 N–H and O–H groups in total. The zero-order valence-electron chi connectivity index (χ0n) is 10.1. The molecular formula is C12H18ClNO2S. The first-order chi connectivity index (χ1) is 8.01. The first-order valence-corrected chi connectivity index (χ1v) is 7.84. The molecule has 0 aromatic heterocycles. The fourth-order valence-electron chi connectivity index (χ4n) is 1.54. The maximum Gasteiger partial charge on any atom is 0.180 e. The van der Waals surface area contributed by atoms with E-state index >= 15 is 0 Å². The number of rotatable bonds is 6. The van der Waals surface area contributed by atoms with Crippen molar-refractivity contribution in [2.75, 3.05) is 16.9 Å². The van der Waals surface area contributed by atoms with E-state index < -0.39 is 9.84 Å². The molecule has 3 nitrogen and oxygen atoms in total. The van der Waals surface area contributed by atoms with Crippen LogP contribution in [0.5, 0.6) is 0 Å². The van der Waals surface area contributed by atoms with Crippen molar-refractivity contribution in [3.05, 3.63) is 24.3 Å². The van der Waals surface area contributed by atoms with Crippen LogP contribution in [0.1, 0.15) is 20.3 Å². The third-order valence-corrected chi connectivity index (χ3v) is 4.76. The zero-order chi connectivity index (χ0) is 12.9. The number of sulfone groups is 1. The Bertz CT molecular complexity index is 459. The Morgan fingerprint density at radius 1 is 1.35 bits per heavy atom. The van der Waals surface area contributed by atoms with Crippen molar-refractivity contribution in [3.63, 3.8) is 0 Å². The van der Waals surface area contributed by atoms with E-state index in [-0.39, 0.29) is 11.8 Å². The van der Waals surface area contributed by atoms with E-state index in [0.29, 0.717) is 22.9 Å². The van der Waals surface area contributed by atoms with Crippen LogP contribution in [0.3, 0.4) is 0 Å². The summed E-state index contributed by atoms with van der Waals surface area (Å²) in [5, 5.41) is 3.11. The number of para-hydroxylation sites is 1. The van der Waals surface area contributed by atoms with Crippen LogP contribution < -0.4 is 5.32 Å². The molecule has 1 aromatic rings. The molecule has 0 aliphatic heterocycles. The average Bonchev–Trinajstić information content (AvgIpc) is 2.29. The Balaban J connectivity index is 3.08. The number of benzene rings is 1. The van der Waals surface area contributed by atoms with Gasteiger partial charge < -0.3 is 5.32 Å². The number of alkyl halides is 1. The third-order valence-electron chi connectivity index (χ3n) is 2.33. The zero-order valence-corrected chi connectivity index (χ0v) is 11.7. The van der Waals surface area contributed by atoms with Crippen LogP contribution in [-0.4, -0.2) is 26.1 Å². The highest BCUT2D eigenvalue weighted by Crippen LogP contribution is 2.23. The van der Waals surface area contributed by atoms with Gasteiger partial charge in [-0.15, -0.1) is 11.6 Å². The molecule has 0 bridgehead atoms. The number of halogens is 1. The second-order valence-corrected chi connectivity index (χ2v) is 6.40. The number of hydrogen-bond acceptors (Lipinski definition) is 3. The standard InChI is InChI=1S/C12H18ClNO2S/c1-3-8-17(15,16)12-7-5-4-6-11(12)14-10(2)9-13/h4-7,10,14H,3,8-9H2,1-2H3. The summed E-state index contributed by atoms with van der Waals surface area (Å²) in [6.45, 7) is 3.77. The molecule has 0 saturated carbocycles. The second kappa shape index (κ2) is 6.26. The maximum absolute atomic E-state index is 12.0. The van der Waals surface area contributed by atoms with Crippen molar-refractivity contribution in [1.82, 2.24) is 0 Å². The number of hydrogen-bond donors (Lipinski definition) is 1. The van der Waals surface area contributed by atoms with Gasteiger partial charge >= 0.3 is 0 Å². The summed E-state index contributed by atoms with van der Waals surface area (Å²) in [4.78, 5) is 0.360. The first kappa shape index (κ1) is 14.3. The van der Waals surface area contributed by atoms with E-state index in [9.17, 15) is 8.42 Å². The van der Waals surface area contributed by atoms with E-state index in [1.165, 1.54) is 0 Å². The summed E-state index contributed by atoms with van der Waals surface area (Å²) < 4.78 is 24.1. The van der Waals surface area contributed by atoms with Crippen molar-refractivity contribution in [3.8, 4) is 0 Å². The van der Waals surface area contributed by atoms with Gasteiger partial charge in [-0.05, 0) is 25.5 Å². The molecule has 0 saturated heterocycles. The van der Waals surface area contributed by atoms with Crippen molar-refractivity contribution in [2.45, 2.75) is 31.2 Å². The van der Waals surface area contributed by atoms with Crippen LogP contribution in [-0.2, 0) is 9.84 Å². The second-order valence-electron chi connectivity index (χ2n) is 4.01. The lowest BCUT2D eigenvalue weighted by Gasteiger charge is -2.15. The predicted molar refractivity (Wildman–Crippen MR) is 72.6 cm³/mol. The van der Waals surface area contributed by atoms with E-state index in [0.717, 1.165) is 0 Å². The van der Waals surface area contributed by atoms with Crippen LogP contribution in [0.15, 0.2) is 29.2 Å². The summed E-state index contributed by atoms with van der Waals surface area (Å²) in [6.07, 6.45) is 0.613. The van der Waals surface area contributed by atoms with Crippen LogP contribution in [0.25, 0.3) is 0 Å². The summed E-state index contributed by atoms with van der Waals surface area (Å²) in [5.74, 6) is 0.600. The van der Waals surface area contributed by atoms with Gasteiger partial charge in [0.1, 0.15) is 0 Å². The van der Waals surface area contributed by atoms with Crippen LogP contribution in [0, 0.1) is 0 Å². The van der Waals surface area contributed by atoms with Gasteiger partial charge in [-0.2, -0.15) is 0 Å². The average molecular weight is 276 g/mol. The number of nitrogens with one attached hydrogen (secondary N) is 1. The molecule has 96 valence electrons. The lowest BCUT2D eigenvalue weighted by Crippen LogP contribution is -2.19. The summed E-state index contributed by atoms with van der Waals surface area (Å²) >= 11 is 5.72. The van der Waals surface area contributed by atoms with Crippen LogP contribution in [0.4, 0.5) is 5.69 Å². The van der Waals surface area contributed by atoms with E-state index in [2.05, 4.69) is 5.32 Å². The Labute approximate surface area is 108 Å². The van der Waals surface area contributed by atoms with Gasteiger partial charge in [0.05, 0.1) is 16.3 Å². The predicted octanol–water partition coefficient (Wildman–Crippen LogP) is 2.91. The minimum atomic E-state index is -3.20. The molecule has 0 heterocycles. The summed E-state index contributed by atoms with van der Waals surface area (Å²) in [7, 11) is -3.20.